The van der Waals surface area contributed by atoms with Gasteiger partial charge in [0.15, 0.2) is 0 Å². The van der Waals surface area contributed by atoms with Crippen LogP contribution in [0.1, 0.15) is 16.7 Å². The van der Waals surface area contributed by atoms with Crippen molar-refractivity contribution in [2.75, 3.05) is 6.54 Å². The van der Waals surface area contributed by atoms with Crippen molar-refractivity contribution in [2.24, 2.45) is 0 Å². The topological polar surface area (TPSA) is 29.1 Å². The largest absolute Gasteiger partial charge is 0.355 e. The molecule has 0 radical (unpaired) electrons. The van der Waals surface area contributed by atoms with Crippen LogP contribution in [0, 0.1) is 6.92 Å². The van der Waals surface area contributed by atoms with Gasteiger partial charge in [0.25, 0.3) is 0 Å². The number of amides is 1. The summed E-state index contributed by atoms with van der Waals surface area (Å²) in [6, 6.07) is 13.4. The molecule has 2 nitrogen and oxygen atoms in total. The predicted octanol–water partition coefficient (Wildman–Crippen LogP) is 4.20. The Morgan fingerprint density at radius 3 is 2.48 bits per heavy atom. The first-order valence-corrected chi connectivity index (χ1v) is 7.56. The van der Waals surface area contributed by atoms with Crippen LogP contribution in [0.5, 0.6) is 0 Å². The van der Waals surface area contributed by atoms with Crippen molar-refractivity contribution in [1.82, 2.24) is 5.32 Å². The van der Waals surface area contributed by atoms with Crippen LogP contribution in [0.2, 0.25) is 10.0 Å². The molecule has 0 unspecified atom stereocenters. The Kier molecular flexibility index (Phi) is 5.66. The molecule has 0 saturated heterocycles. The summed E-state index contributed by atoms with van der Waals surface area (Å²) in [5.41, 5.74) is 3.19. The molecule has 0 saturated carbocycles. The summed E-state index contributed by atoms with van der Waals surface area (Å²) in [6.07, 6.45) is 1.09. The molecular weight excluding hydrogens is 305 g/mol. The van der Waals surface area contributed by atoms with Crippen LogP contribution in [-0.2, 0) is 17.6 Å². The first-order chi connectivity index (χ1) is 10.0. The van der Waals surface area contributed by atoms with Crippen molar-refractivity contribution in [3.8, 4) is 0 Å². The average Bonchev–Trinajstić information content (AvgIpc) is 2.44. The van der Waals surface area contributed by atoms with Crippen LogP contribution < -0.4 is 5.32 Å². The summed E-state index contributed by atoms with van der Waals surface area (Å²) < 4.78 is 0. The quantitative estimate of drug-likeness (QED) is 0.878. The molecule has 0 atom stereocenters. The number of aryl methyl sites for hydroxylation is 1. The molecule has 0 aliphatic carbocycles. The fourth-order valence-corrected chi connectivity index (χ4v) is 2.52. The summed E-state index contributed by atoms with van der Waals surface area (Å²) in [4.78, 5) is 11.9. The summed E-state index contributed by atoms with van der Waals surface area (Å²) in [5.74, 6) is 0.0175. The van der Waals surface area contributed by atoms with Gasteiger partial charge < -0.3 is 5.32 Å². The highest BCUT2D eigenvalue weighted by molar-refractivity contribution is 6.35. The number of hydrogen-bond acceptors (Lipinski definition) is 1. The van der Waals surface area contributed by atoms with Crippen LogP contribution >= 0.6 is 23.2 Å². The molecule has 0 spiro atoms. The van der Waals surface area contributed by atoms with Crippen molar-refractivity contribution >= 4 is 29.1 Å². The Balaban J connectivity index is 1.80. The maximum Gasteiger partial charge on any atom is 0.224 e. The third-order valence-electron chi connectivity index (χ3n) is 3.22. The Morgan fingerprint density at radius 2 is 1.81 bits per heavy atom. The fraction of sp³-hybridized carbons (Fsp3) is 0.235. The number of halogens is 2. The van der Waals surface area contributed by atoms with E-state index in [4.69, 9.17) is 23.2 Å². The van der Waals surface area contributed by atoms with E-state index in [-0.39, 0.29) is 5.91 Å². The number of hydrogen-bond donors (Lipinski definition) is 1. The molecule has 21 heavy (non-hydrogen) atoms. The maximum absolute atomic E-state index is 11.9. The Bertz CT molecular complexity index is 623. The molecule has 1 amide bonds. The van der Waals surface area contributed by atoms with Gasteiger partial charge in [0.2, 0.25) is 5.91 Å². The molecule has 1 N–H and O–H groups in total. The zero-order chi connectivity index (χ0) is 15.2. The first kappa shape index (κ1) is 15.9. The number of carbonyl (C=O) groups is 1. The van der Waals surface area contributed by atoms with Gasteiger partial charge in [-0.05, 0) is 36.6 Å². The Labute approximate surface area is 135 Å². The number of rotatable bonds is 5. The van der Waals surface area contributed by atoms with Gasteiger partial charge in [0, 0.05) is 16.6 Å². The van der Waals surface area contributed by atoms with E-state index in [9.17, 15) is 4.79 Å². The highest BCUT2D eigenvalue weighted by Crippen LogP contribution is 2.21. The SMILES string of the molecule is Cc1ccc(CC(=O)NCCc2ccc(Cl)cc2Cl)cc1. The second-order valence-corrected chi connectivity index (χ2v) is 5.84. The standard InChI is InChI=1S/C17H17Cl2NO/c1-12-2-4-13(5-3-12)10-17(21)20-9-8-14-6-7-15(18)11-16(14)19/h2-7,11H,8-10H2,1H3,(H,20,21). The number of benzene rings is 2. The van der Waals surface area contributed by atoms with Gasteiger partial charge in [0.05, 0.1) is 6.42 Å². The van der Waals surface area contributed by atoms with Crippen LogP contribution in [0.15, 0.2) is 42.5 Å². The monoisotopic (exact) mass is 321 g/mol. The lowest BCUT2D eigenvalue weighted by molar-refractivity contribution is -0.120. The van der Waals surface area contributed by atoms with E-state index in [1.54, 1.807) is 12.1 Å². The van der Waals surface area contributed by atoms with Crippen molar-refractivity contribution in [3.05, 3.63) is 69.2 Å². The van der Waals surface area contributed by atoms with Crippen molar-refractivity contribution in [2.45, 2.75) is 19.8 Å². The van der Waals surface area contributed by atoms with Gasteiger partial charge >= 0.3 is 0 Å². The van der Waals surface area contributed by atoms with Gasteiger partial charge in [-0.15, -0.1) is 0 Å². The first-order valence-electron chi connectivity index (χ1n) is 6.81. The van der Waals surface area contributed by atoms with E-state index in [0.29, 0.717) is 29.4 Å². The molecule has 4 heteroatoms. The van der Waals surface area contributed by atoms with Crippen molar-refractivity contribution < 1.29 is 4.79 Å². The van der Waals surface area contributed by atoms with Crippen molar-refractivity contribution in [3.63, 3.8) is 0 Å². The van der Waals surface area contributed by atoms with E-state index in [0.717, 1.165) is 11.1 Å². The highest BCUT2D eigenvalue weighted by atomic mass is 35.5. The van der Waals surface area contributed by atoms with E-state index in [2.05, 4.69) is 5.32 Å². The van der Waals surface area contributed by atoms with Gasteiger partial charge in [-0.1, -0.05) is 59.1 Å². The van der Waals surface area contributed by atoms with Gasteiger partial charge in [0.1, 0.15) is 0 Å². The molecule has 0 aliphatic rings. The van der Waals surface area contributed by atoms with E-state index in [1.807, 2.05) is 37.3 Å². The lowest BCUT2D eigenvalue weighted by Crippen LogP contribution is -2.27. The molecule has 2 aromatic rings. The maximum atomic E-state index is 11.9. The van der Waals surface area contributed by atoms with Crippen LogP contribution in [0.4, 0.5) is 0 Å². The smallest absolute Gasteiger partial charge is 0.224 e. The molecule has 2 rings (SSSR count). The zero-order valence-corrected chi connectivity index (χ0v) is 13.3. The molecule has 0 fully saturated rings. The summed E-state index contributed by atoms with van der Waals surface area (Å²) in [5, 5.41) is 4.16. The molecular formula is C17H17Cl2NO. The molecule has 0 heterocycles. The molecule has 0 aliphatic heterocycles. The fourth-order valence-electron chi connectivity index (χ4n) is 2.01. The number of nitrogens with one attached hydrogen (secondary N) is 1. The average molecular weight is 322 g/mol. The second kappa shape index (κ2) is 7.48. The van der Waals surface area contributed by atoms with Crippen LogP contribution in [0.3, 0.4) is 0 Å². The van der Waals surface area contributed by atoms with E-state index in [1.165, 1.54) is 5.56 Å². The molecule has 0 aromatic heterocycles. The minimum atomic E-state index is 0.0175. The second-order valence-electron chi connectivity index (χ2n) is 5.00. The van der Waals surface area contributed by atoms with Gasteiger partial charge in [-0.3, -0.25) is 4.79 Å². The lowest BCUT2D eigenvalue weighted by atomic mass is 10.1. The normalized spacial score (nSPS) is 10.4. The zero-order valence-electron chi connectivity index (χ0n) is 11.8. The molecule has 2 aromatic carbocycles. The molecule has 110 valence electrons. The third kappa shape index (κ3) is 5.07. The predicted molar refractivity (Wildman–Crippen MR) is 88.1 cm³/mol. The Morgan fingerprint density at radius 1 is 1.10 bits per heavy atom. The summed E-state index contributed by atoms with van der Waals surface area (Å²) in [6.45, 7) is 2.59. The Hall–Kier alpha value is -1.51. The highest BCUT2D eigenvalue weighted by Gasteiger charge is 2.05. The van der Waals surface area contributed by atoms with Gasteiger partial charge in [-0.25, -0.2) is 0 Å². The van der Waals surface area contributed by atoms with Crippen LogP contribution in [-0.4, -0.2) is 12.5 Å². The van der Waals surface area contributed by atoms with Crippen molar-refractivity contribution in [1.29, 1.82) is 0 Å². The van der Waals surface area contributed by atoms with E-state index >= 15 is 0 Å². The van der Waals surface area contributed by atoms with Crippen LogP contribution in [0.25, 0.3) is 0 Å². The summed E-state index contributed by atoms with van der Waals surface area (Å²) >= 11 is 11.9. The minimum absolute atomic E-state index is 0.0175. The summed E-state index contributed by atoms with van der Waals surface area (Å²) in [7, 11) is 0. The number of carbonyl (C=O) groups excluding carboxylic acids is 1. The van der Waals surface area contributed by atoms with E-state index < -0.39 is 0 Å². The third-order valence-corrected chi connectivity index (χ3v) is 3.80. The van der Waals surface area contributed by atoms with Gasteiger partial charge in [-0.2, -0.15) is 0 Å². The molecule has 0 bridgehead atoms. The lowest BCUT2D eigenvalue weighted by Gasteiger charge is -2.07. The minimum Gasteiger partial charge on any atom is -0.355 e.